The number of hydrogen-bond donors (Lipinski definition) is 2. The van der Waals surface area contributed by atoms with Gasteiger partial charge in [-0.15, -0.1) is 5.10 Å². The molecule has 50 heavy (non-hydrogen) atoms. The van der Waals surface area contributed by atoms with Crippen LogP contribution in [-0.2, 0) is 32.6 Å². The molecule has 3 aliphatic heterocycles. The van der Waals surface area contributed by atoms with E-state index in [4.69, 9.17) is 21.1 Å². The lowest BCUT2D eigenvalue weighted by Crippen LogP contribution is -2.55. The molecule has 2 N–H and O–H groups in total. The number of anilines is 1. The van der Waals surface area contributed by atoms with Gasteiger partial charge in [-0.05, 0) is 49.2 Å². The predicted octanol–water partition coefficient (Wildman–Crippen LogP) is 4.28. The average molecular weight is 718 g/mol. The molecule has 0 unspecified atom stereocenters. The topological polar surface area (TPSA) is 153 Å². The van der Waals surface area contributed by atoms with E-state index in [0.717, 1.165) is 16.6 Å². The summed E-state index contributed by atoms with van der Waals surface area (Å²) in [7, 11) is 0. The van der Waals surface area contributed by atoms with Crippen molar-refractivity contribution >= 4 is 40.5 Å². The summed E-state index contributed by atoms with van der Waals surface area (Å²) in [5.74, 6) is -1.67. The molecule has 262 valence electrons. The largest absolute Gasteiger partial charge is 0.505 e. The van der Waals surface area contributed by atoms with Gasteiger partial charge in [-0.25, -0.2) is 9.37 Å². The second kappa shape index (κ2) is 12.5. The molecular weight excluding hydrogens is 690 g/mol. The van der Waals surface area contributed by atoms with Gasteiger partial charge < -0.3 is 29.4 Å². The minimum atomic E-state index is -4.65. The lowest BCUT2D eigenvalue weighted by atomic mass is 9.83. The molecule has 18 heteroatoms. The number of nitrogens with one attached hydrogen (secondary N) is 1. The van der Waals surface area contributed by atoms with Gasteiger partial charge in [0.05, 0.1) is 53.4 Å². The van der Waals surface area contributed by atoms with Crippen molar-refractivity contribution in [3.63, 3.8) is 0 Å². The Bertz CT molecular complexity index is 2140. The first-order chi connectivity index (χ1) is 23.8. The van der Waals surface area contributed by atoms with Crippen LogP contribution in [0.3, 0.4) is 0 Å². The zero-order chi connectivity index (χ0) is 35.5. The SMILES string of the molecule is C[C@@H]1O[C@]2(CCN(C(=O)c3ncccc3O)C[C@@H]2F)c2c1n(CC(=O)Nc1ccc(C(F)(F)F)cc1Cl)c1nc(C3=CCOCC3)nn1c2=O. The van der Waals surface area contributed by atoms with Gasteiger partial charge in [0.15, 0.2) is 17.7 Å². The Hall–Kier alpha value is -4.87. The van der Waals surface area contributed by atoms with Crippen LogP contribution >= 0.6 is 11.6 Å². The second-order valence-electron chi connectivity index (χ2n) is 12.1. The number of carbonyl (C=O) groups excluding carboxylic acids is 2. The van der Waals surface area contributed by atoms with Crippen molar-refractivity contribution in [3.05, 3.63) is 86.3 Å². The Labute approximate surface area is 285 Å². The molecule has 7 rings (SSSR count). The monoisotopic (exact) mass is 717 g/mol. The van der Waals surface area contributed by atoms with Gasteiger partial charge in [0.25, 0.3) is 11.5 Å². The van der Waals surface area contributed by atoms with Crippen molar-refractivity contribution in [1.29, 1.82) is 0 Å². The molecule has 1 aromatic carbocycles. The van der Waals surface area contributed by atoms with Crippen LogP contribution in [0.25, 0.3) is 11.4 Å². The third-order valence-electron chi connectivity index (χ3n) is 9.02. The Morgan fingerprint density at radius 1 is 1.24 bits per heavy atom. The van der Waals surface area contributed by atoms with E-state index in [0.29, 0.717) is 31.3 Å². The Balaban J connectivity index is 1.29. The summed E-state index contributed by atoms with van der Waals surface area (Å²) in [5, 5.41) is 16.7. The van der Waals surface area contributed by atoms with E-state index in [-0.39, 0.29) is 58.0 Å². The van der Waals surface area contributed by atoms with Crippen LogP contribution in [0.2, 0.25) is 5.02 Å². The number of aromatic hydroxyl groups is 1. The number of rotatable bonds is 5. The van der Waals surface area contributed by atoms with E-state index in [1.807, 2.05) is 0 Å². The van der Waals surface area contributed by atoms with Gasteiger partial charge in [0, 0.05) is 19.2 Å². The first kappa shape index (κ1) is 33.6. The van der Waals surface area contributed by atoms with Gasteiger partial charge in [-0.1, -0.05) is 17.7 Å². The highest BCUT2D eigenvalue weighted by atomic mass is 35.5. The number of halogens is 5. The van der Waals surface area contributed by atoms with Crippen LogP contribution in [0.15, 0.2) is 47.4 Å². The van der Waals surface area contributed by atoms with Gasteiger partial charge >= 0.3 is 6.18 Å². The average Bonchev–Trinajstić information content (AvgIpc) is 3.66. The number of fused-ring (bicyclic) bond motifs is 3. The molecule has 13 nitrogen and oxygen atoms in total. The van der Waals surface area contributed by atoms with Crippen LogP contribution in [-0.4, -0.2) is 78.4 Å². The van der Waals surface area contributed by atoms with Crippen LogP contribution < -0.4 is 10.9 Å². The summed E-state index contributed by atoms with van der Waals surface area (Å²) in [5.41, 5.74) is -3.16. The number of likely N-dealkylation sites (tertiary alicyclic amines) is 1. The molecule has 0 saturated carbocycles. The molecule has 4 aromatic rings. The number of aromatic nitrogens is 5. The number of piperidine rings is 1. The highest BCUT2D eigenvalue weighted by molar-refractivity contribution is 6.33. The van der Waals surface area contributed by atoms with Crippen LogP contribution in [0.4, 0.5) is 23.2 Å². The first-order valence-corrected chi connectivity index (χ1v) is 15.9. The molecule has 0 aliphatic carbocycles. The summed E-state index contributed by atoms with van der Waals surface area (Å²) < 4.78 is 70.1. The van der Waals surface area contributed by atoms with E-state index < -0.39 is 60.1 Å². The number of alkyl halides is 4. The number of carbonyl (C=O) groups is 2. The quantitative estimate of drug-likeness (QED) is 0.288. The second-order valence-corrected chi connectivity index (χ2v) is 12.5. The number of ether oxygens (including phenoxy) is 2. The lowest BCUT2D eigenvalue weighted by molar-refractivity contribution is -0.143. The van der Waals surface area contributed by atoms with Crippen molar-refractivity contribution in [2.45, 2.75) is 50.4 Å². The summed E-state index contributed by atoms with van der Waals surface area (Å²) in [6.45, 7) is 1.17. The number of pyridine rings is 1. The first-order valence-electron chi connectivity index (χ1n) is 15.5. The van der Waals surface area contributed by atoms with Crippen LogP contribution in [0.5, 0.6) is 5.75 Å². The Kier molecular flexibility index (Phi) is 8.39. The maximum Gasteiger partial charge on any atom is 0.416 e. The maximum absolute atomic E-state index is 16.5. The van der Waals surface area contributed by atoms with E-state index in [2.05, 4.69) is 20.4 Å². The predicted molar refractivity (Wildman–Crippen MR) is 168 cm³/mol. The van der Waals surface area contributed by atoms with Crippen molar-refractivity contribution in [1.82, 2.24) is 29.0 Å². The molecule has 0 bridgehead atoms. The lowest BCUT2D eigenvalue weighted by Gasteiger charge is -2.41. The molecule has 2 amide bonds. The van der Waals surface area contributed by atoms with E-state index in [1.165, 1.54) is 27.8 Å². The summed E-state index contributed by atoms with van der Waals surface area (Å²) in [6.07, 6.45) is -4.17. The molecule has 3 aromatic heterocycles. The maximum atomic E-state index is 16.5. The van der Waals surface area contributed by atoms with E-state index in [1.54, 1.807) is 13.0 Å². The number of amides is 2. The zero-order valence-electron chi connectivity index (χ0n) is 26.2. The smallest absolute Gasteiger partial charge is 0.416 e. The zero-order valence-corrected chi connectivity index (χ0v) is 27.0. The minimum absolute atomic E-state index is 0.0500. The summed E-state index contributed by atoms with van der Waals surface area (Å²) >= 11 is 6.09. The number of benzene rings is 1. The Morgan fingerprint density at radius 2 is 2.04 bits per heavy atom. The van der Waals surface area contributed by atoms with Gasteiger partial charge in [0.1, 0.15) is 17.9 Å². The fourth-order valence-corrected chi connectivity index (χ4v) is 6.90. The molecular formula is C32H28ClF4N7O6. The van der Waals surface area contributed by atoms with Crippen molar-refractivity contribution < 1.29 is 41.7 Å². The fraction of sp³-hybridized carbons (Fsp3) is 0.375. The molecule has 1 spiro atoms. The van der Waals surface area contributed by atoms with Crippen molar-refractivity contribution in [3.8, 4) is 5.75 Å². The molecule has 1 saturated heterocycles. The summed E-state index contributed by atoms with van der Waals surface area (Å²) in [6, 6.07) is 5.21. The Morgan fingerprint density at radius 3 is 2.72 bits per heavy atom. The van der Waals surface area contributed by atoms with Gasteiger partial charge in [-0.3, -0.25) is 14.4 Å². The fourth-order valence-electron chi connectivity index (χ4n) is 6.67. The highest BCUT2D eigenvalue weighted by Gasteiger charge is 2.56. The molecule has 0 radical (unpaired) electrons. The third kappa shape index (κ3) is 5.68. The normalized spacial score (nSPS) is 22.1. The molecule has 3 aliphatic rings. The molecule has 3 atom stereocenters. The van der Waals surface area contributed by atoms with Gasteiger partial charge in [-0.2, -0.15) is 22.7 Å². The number of hydrogen-bond acceptors (Lipinski definition) is 9. The van der Waals surface area contributed by atoms with E-state index >= 15 is 4.39 Å². The van der Waals surface area contributed by atoms with E-state index in [9.17, 15) is 32.7 Å². The van der Waals surface area contributed by atoms with Gasteiger partial charge in [0.2, 0.25) is 11.7 Å². The highest BCUT2D eigenvalue weighted by Crippen LogP contribution is 2.49. The minimum Gasteiger partial charge on any atom is -0.505 e. The van der Waals surface area contributed by atoms with Crippen molar-refractivity contribution in [2.75, 3.05) is 31.6 Å². The molecule has 1 fully saturated rings. The number of nitrogens with zero attached hydrogens (tertiary/aromatic N) is 6. The van der Waals surface area contributed by atoms with Crippen molar-refractivity contribution in [2.24, 2.45) is 0 Å². The third-order valence-corrected chi connectivity index (χ3v) is 9.33. The standard InChI is InChI=1S/C32H28ClF4N7O6/c1-16-26-24(31(50-16)8-10-42(14-22(31)34)29(48)25-21(45)3-2-9-38-25)28(47)44-30(40-27(41-44)17-6-11-49-12-7-17)43(26)15-23(46)39-20-5-4-18(13-19(20)33)32(35,36)37/h2-6,9,13,16,22,45H,7-8,10-12,14-15H2,1H3,(H,39,46)/t16-,22-,31-/m0/s1. The van der Waals surface area contributed by atoms with Crippen LogP contribution in [0.1, 0.15) is 59.0 Å². The molecule has 6 heterocycles. The summed E-state index contributed by atoms with van der Waals surface area (Å²) in [4.78, 5) is 50.6. The van der Waals surface area contributed by atoms with Crippen LogP contribution in [0, 0.1) is 0 Å².